The van der Waals surface area contributed by atoms with Gasteiger partial charge in [-0.15, -0.1) is 0 Å². The molecule has 3 aromatic rings. The lowest BCUT2D eigenvalue weighted by Crippen LogP contribution is -2.38. The maximum absolute atomic E-state index is 12.2. The average Bonchev–Trinajstić information content (AvgIpc) is 3.29. The van der Waals surface area contributed by atoms with E-state index in [0.29, 0.717) is 47.7 Å². The zero-order chi connectivity index (χ0) is 27.2. The first-order valence-corrected chi connectivity index (χ1v) is 13.2. The zero-order valence-corrected chi connectivity index (χ0v) is 23.2. The highest BCUT2D eigenvalue weighted by Gasteiger charge is 2.23. The number of aromatic nitrogens is 4. The summed E-state index contributed by atoms with van der Waals surface area (Å²) in [5, 5.41) is 11.0. The van der Waals surface area contributed by atoms with Crippen LogP contribution in [0.3, 0.4) is 0 Å². The van der Waals surface area contributed by atoms with E-state index in [0.717, 1.165) is 34.7 Å². The number of ether oxygens (including phenoxy) is 1. The van der Waals surface area contributed by atoms with Crippen LogP contribution >= 0.6 is 11.8 Å². The van der Waals surface area contributed by atoms with Gasteiger partial charge in [-0.2, -0.15) is 5.10 Å². The Morgan fingerprint density at radius 1 is 1.21 bits per heavy atom. The first-order chi connectivity index (χ1) is 18.2. The molecule has 0 unspecified atom stereocenters. The lowest BCUT2D eigenvalue weighted by molar-refractivity contribution is -0.129. The van der Waals surface area contributed by atoms with Crippen LogP contribution in [0.25, 0.3) is 5.57 Å². The minimum absolute atomic E-state index is 0.0789. The fourth-order valence-corrected chi connectivity index (χ4v) is 4.80. The molecule has 1 aliphatic heterocycles. The van der Waals surface area contributed by atoms with E-state index in [9.17, 15) is 9.59 Å². The van der Waals surface area contributed by atoms with Gasteiger partial charge in [0.15, 0.2) is 22.5 Å². The Hall–Kier alpha value is -3.70. The predicted octanol–water partition coefficient (Wildman–Crippen LogP) is 3.72. The fourth-order valence-electron chi connectivity index (χ4n) is 4.05. The number of Topliss-reactive ketones (excluding diaryl/α,β-unsaturated/α-hetero) is 1. The maximum Gasteiger partial charge on any atom is 0.236 e. The van der Waals surface area contributed by atoms with Crippen LogP contribution in [0.1, 0.15) is 30.3 Å². The molecular formula is C27H33N7O3S. The molecule has 0 saturated carbocycles. The number of hydrogen-bond donors (Lipinski definition) is 2. The molecule has 1 aliphatic rings. The second kappa shape index (κ2) is 12.2. The molecule has 0 bridgehead atoms. The fraction of sp³-hybridized carbons (Fsp3) is 0.370. The molecule has 3 heterocycles. The van der Waals surface area contributed by atoms with Crippen LogP contribution in [-0.4, -0.2) is 82.5 Å². The zero-order valence-electron chi connectivity index (χ0n) is 22.4. The van der Waals surface area contributed by atoms with Crippen molar-refractivity contribution in [2.45, 2.75) is 36.7 Å². The number of likely N-dealkylation sites (N-methyl/N-ethyl adjacent to an activating group) is 1. The molecule has 0 radical (unpaired) electrons. The molecule has 10 nitrogen and oxygen atoms in total. The number of rotatable bonds is 10. The van der Waals surface area contributed by atoms with Gasteiger partial charge in [0.25, 0.3) is 0 Å². The van der Waals surface area contributed by atoms with E-state index in [1.165, 1.54) is 11.8 Å². The number of anilines is 2. The summed E-state index contributed by atoms with van der Waals surface area (Å²) in [5.41, 5.74) is 3.65. The van der Waals surface area contributed by atoms with Gasteiger partial charge in [-0.1, -0.05) is 18.2 Å². The Kier molecular flexibility index (Phi) is 8.80. The van der Waals surface area contributed by atoms with Crippen LogP contribution in [0.5, 0.6) is 5.75 Å². The van der Waals surface area contributed by atoms with Gasteiger partial charge in [-0.05, 0) is 55.3 Å². The summed E-state index contributed by atoms with van der Waals surface area (Å²) in [6.45, 7) is 5.27. The van der Waals surface area contributed by atoms with Crippen molar-refractivity contribution in [3.8, 4) is 5.75 Å². The van der Waals surface area contributed by atoms with E-state index in [-0.39, 0.29) is 11.7 Å². The molecule has 0 saturated heterocycles. The molecule has 11 heteroatoms. The molecule has 1 aromatic carbocycles. The van der Waals surface area contributed by atoms with E-state index >= 15 is 0 Å². The SMILES string of the molecule is COc1c(Nc2cc(C)[nH]n2)nc(Sc2ccc(CC(C)=O)cc2)nc1C1=CCN(CC(=O)N(C)C)CC1. The van der Waals surface area contributed by atoms with E-state index in [2.05, 4.69) is 26.5 Å². The Morgan fingerprint density at radius 2 is 1.97 bits per heavy atom. The largest absolute Gasteiger partial charge is 0.491 e. The standard InChI is InChI=1S/C27H33N7O3S/c1-17-14-22(32-31-17)28-26-25(37-5)24(20-10-12-34(13-11-20)16-23(36)33(3)4)29-27(30-26)38-21-8-6-19(7-9-21)15-18(2)35/h6-10,14H,11-13,15-16H2,1-5H3,(H2,28,29,30,31,32). The molecule has 38 heavy (non-hydrogen) atoms. The quantitative estimate of drug-likeness (QED) is 0.375. The molecule has 0 aliphatic carbocycles. The van der Waals surface area contributed by atoms with Crippen molar-refractivity contribution in [2.75, 3.05) is 46.2 Å². The lowest BCUT2D eigenvalue weighted by Gasteiger charge is -2.27. The van der Waals surface area contributed by atoms with Crippen LogP contribution in [-0.2, 0) is 16.0 Å². The summed E-state index contributed by atoms with van der Waals surface area (Å²) in [7, 11) is 5.14. The van der Waals surface area contributed by atoms with Gasteiger partial charge in [0.1, 0.15) is 11.5 Å². The molecule has 0 spiro atoms. The maximum atomic E-state index is 12.2. The van der Waals surface area contributed by atoms with Gasteiger partial charge in [-0.25, -0.2) is 9.97 Å². The van der Waals surface area contributed by atoms with Crippen LogP contribution in [0.2, 0.25) is 0 Å². The van der Waals surface area contributed by atoms with Gasteiger partial charge in [0.2, 0.25) is 5.91 Å². The topological polar surface area (TPSA) is 116 Å². The summed E-state index contributed by atoms with van der Waals surface area (Å²) in [4.78, 5) is 38.0. The molecule has 2 N–H and O–H groups in total. The first-order valence-electron chi connectivity index (χ1n) is 12.3. The van der Waals surface area contributed by atoms with Crippen LogP contribution < -0.4 is 10.1 Å². The molecule has 0 fully saturated rings. The van der Waals surface area contributed by atoms with Crippen molar-refractivity contribution in [3.05, 3.63) is 53.4 Å². The number of aromatic amines is 1. The van der Waals surface area contributed by atoms with Gasteiger partial charge in [-0.3, -0.25) is 19.6 Å². The van der Waals surface area contributed by atoms with Crippen molar-refractivity contribution in [1.82, 2.24) is 30.0 Å². The summed E-state index contributed by atoms with van der Waals surface area (Å²) < 4.78 is 5.81. The van der Waals surface area contributed by atoms with Crippen molar-refractivity contribution >= 4 is 40.7 Å². The third-order valence-electron chi connectivity index (χ3n) is 6.04. The minimum atomic E-state index is 0.0789. The van der Waals surface area contributed by atoms with Crippen LogP contribution in [0.4, 0.5) is 11.6 Å². The Bertz CT molecular complexity index is 1330. The normalized spacial score (nSPS) is 13.7. The summed E-state index contributed by atoms with van der Waals surface area (Å²) in [5.74, 6) is 1.89. The van der Waals surface area contributed by atoms with Crippen LogP contribution in [0, 0.1) is 6.92 Å². The van der Waals surface area contributed by atoms with E-state index in [1.807, 2.05) is 37.3 Å². The Labute approximate surface area is 226 Å². The molecule has 200 valence electrons. The van der Waals surface area contributed by atoms with Gasteiger partial charge in [0, 0.05) is 50.3 Å². The monoisotopic (exact) mass is 535 g/mol. The number of ketones is 1. The predicted molar refractivity (Wildman–Crippen MR) is 148 cm³/mol. The van der Waals surface area contributed by atoms with Gasteiger partial charge < -0.3 is 15.0 Å². The molecule has 2 aromatic heterocycles. The van der Waals surface area contributed by atoms with Gasteiger partial charge in [0.05, 0.1) is 13.7 Å². The Morgan fingerprint density at radius 3 is 2.55 bits per heavy atom. The highest BCUT2D eigenvalue weighted by molar-refractivity contribution is 7.99. The smallest absolute Gasteiger partial charge is 0.236 e. The van der Waals surface area contributed by atoms with E-state index < -0.39 is 0 Å². The number of amides is 1. The average molecular weight is 536 g/mol. The summed E-state index contributed by atoms with van der Waals surface area (Å²) >= 11 is 1.44. The Balaban J connectivity index is 1.65. The number of benzene rings is 1. The highest BCUT2D eigenvalue weighted by Crippen LogP contribution is 2.38. The molecule has 1 amide bonds. The van der Waals surface area contributed by atoms with E-state index in [4.69, 9.17) is 14.7 Å². The molecule has 4 rings (SSSR count). The highest BCUT2D eigenvalue weighted by atomic mass is 32.2. The van der Waals surface area contributed by atoms with Crippen LogP contribution in [0.15, 0.2) is 46.5 Å². The number of nitrogens with zero attached hydrogens (tertiary/aromatic N) is 5. The van der Waals surface area contributed by atoms with E-state index in [1.54, 1.807) is 33.0 Å². The third kappa shape index (κ3) is 6.99. The first kappa shape index (κ1) is 27.3. The number of H-pyrrole nitrogens is 1. The number of carbonyl (C=O) groups is 2. The molecule has 0 atom stereocenters. The van der Waals surface area contributed by atoms with Crippen molar-refractivity contribution in [1.29, 1.82) is 0 Å². The van der Waals surface area contributed by atoms with Crippen molar-refractivity contribution in [3.63, 3.8) is 0 Å². The lowest BCUT2D eigenvalue weighted by atomic mass is 10.0. The second-order valence-corrected chi connectivity index (χ2v) is 10.5. The number of carbonyl (C=O) groups excluding carboxylic acids is 2. The number of hydrogen-bond acceptors (Lipinski definition) is 9. The summed E-state index contributed by atoms with van der Waals surface area (Å²) in [6, 6.07) is 9.74. The number of methoxy groups -OCH3 is 1. The van der Waals surface area contributed by atoms with Crippen molar-refractivity contribution < 1.29 is 14.3 Å². The third-order valence-corrected chi connectivity index (χ3v) is 6.92. The second-order valence-electron chi connectivity index (χ2n) is 9.43. The number of nitrogens with one attached hydrogen (secondary N) is 2. The van der Waals surface area contributed by atoms with Crippen molar-refractivity contribution in [2.24, 2.45) is 0 Å². The number of aryl methyl sites for hydroxylation is 1. The summed E-state index contributed by atoms with van der Waals surface area (Å²) in [6.07, 6.45) is 3.24. The van der Waals surface area contributed by atoms with Gasteiger partial charge >= 0.3 is 0 Å². The minimum Gasteiger partial charge on any atom is -0.491 e. The molecular weight excluding hydrogens is 502 g/mol.